The summed E-state index contributed by atoms with van der Waals surface area (Å²) in [6.45, 7) is 9.29. The maximum atomic E-state index is 4.93. The summed E-state index contributed by atoms with van der Waals surface area (Å²) in [6.07, 6.45) is 16.4. The van der Waals surface area contributed by atoms with Gasteiger partial charge in [0.25, 0.3) is 0 Å². The molecule has 0 N–H and O–H groups in total. The molecule has 2 radical (unpaired) electrons. The number of fused-ring (bicyclic) bond motifs is 4. The van der Waals surface area contributed by atoms with Crippen molar-refractivity contribution < 1.29 is 20.8 Å². The monoisotopic (exact) mass is 920 g/mol. The average molecular weight is 923 g/mol. The summed E-state index contributed by atoms with van der Waals surface area (Å²) < 4.78 is 0. The summed E-state index contributed by atoms with van der Waals surface area (Å²) in [5.74, 6) is 0. The summed E-state index contributed by atoms with van der Waals surface area (Å²) in [6, 6.07) is 54.2. The molecular formula is C56H60Cl2SiZr. The van der Waals surface area contributed by atoms with E-state index >= 15 is 0 Å². The first-order valence-corrected chi connectivity index (χ1v) is 30.5. The van der Waals surface area contributed by atoms with Gasteiger partial charge in [-0.05, 0) is 94.2 Å². The van der Waals surface area contributed by atoms with Gasteiger partial charge in [-0.1, -0.05) is 162 Å². The van der Waals surface area contributed by atoms with Crippen LogP contribution in [0.5, 0.6) is 0 Å². The molecule has 0 atom stereocenters. The molecule has 306 valence electrons. The van der Waals surface area contributed by atoms with Crippen LogP contribution in [0.25, 0.3) is 65.3 Å². The van der Waals surface area contributed by atoms with E-state index in [1.807, 2.05) is 0 Å². The Hall–Kier alpha value is -3.26. The number of hydrogen-bond acceptors (Lipinski definition) is 0. The Morgan fingerprint density at radius 3 is 1.23 bits per heavy atom. The van der Waals surface area contributed by atoms with Gasteiger partial charge in [0.15, 0.2) is 0 Å². The second kappa shape index (κ2) is 21.2. The molecule has 0 nitrogen and oxygen atoms in total. The van der Waals surface area contributed by atoms with Crippen molar-refractivity contribution in [2.75, 3.05) is 0 Å². The van der Waals surface area contributed by atoms with Gasteiger partial charge in [-0.2, -0.15) is 12.1 Å². The molecule has 0 spiro atoms. The number of halogens is 2. The van der Waals surface area contributed by atoms with E-state index < -0.39 is 20.8 Å². The topological polar surface area (TPSA) is 0 Å². The number of benzene rings is 6. The van der Waals surface area contributed by atoms with E-state index in [0.717, 1.165) is 9.52 Å². The first-order valence-electron chi connectivity index (χ1n) is 22.1. The zero-order valence-corrected chi connectivity index (χ0v) is 41.1. The van der Waals surface area contributed by atoms with Crippen molar-refractivity contribution in [1.82, 2.24) is 0 Å². The first-order chi connectivity index (χ1) is 29.2. The molecular weight excluding hydrogens is 863 g/mol. The molecule has 8 aromatic carbocycles. The van der Waals surface area contributed by atoms with E-state index in [9.17, 15) is 0 Å². The van der Waals surface area contributed by atoms with E-state index in [2.05, 4.69) is 173 Å². The van der Waals surface area contributed by atoms with Crippen molar-refractivity contribution in [1.29, 1.82) is 0 Å². The Balaban J connectivity index is 0.000000161. The third-order valence-electron chi connectivity index (χ3n) is 13.1. The normalized spacial score (nSPS) is 15.6. The summed E-state index contributed by atoms with van der Waals surface area (Å²) in [7, 11) is 11.0. The van der Waals surface area contributed by atoms with E-state index in [1.165, 1.54) is 154 Å². The Morgan fingerprint density at radius 2 is 0.850 bits per heavy atom. The van der Waals surface area contributed by atoms with Gasteiger partial charge in [-0.15, -0.1) is 69.1 Å². The summed E-state index contributed by atoms with van der Waals surface area (Å²) >= 11 is -0.826. The summed E-state index contributed by atoms with van der Waals surface area (Å²) in [5, 5.41) is 10.8. The molecule has 0 saturated heterocycles. The van der Waals surface area contributed by atoms with Crippen molar-refractivity contribution in [3.05, 3.63) is 157 Å². The predicted octanol–water partition coefficient (Wildman–Crippen LogP) is 17.9. The molecule has 0 aromatic heterocycles. The molecule has 8 aromatic rings. The van der Waals surface area contributed by atoms with Crippen molar-refractivity contribution in [2.24, 2.45) is 10.8 Å². The first kappa shape index (κ1) is 44.8. The zero-order chi connectivity index (χ0) is 42.0. The molecule has 4 heteroatoms. The predicted molar refractivity (Wildman–Crippen MR) is 264 cm³/mol. The van der Waals surface area contributed by atoms with Gasteiger partial charge in [0.2, 0.25) is 0 Å². The molecule has 0 bridgehead atoms. The molecule has 60 heavy (non-hydrogen) atoms. The molecule has 10 rings (SSSR count). The standard InChI is InChI=1S/2C27H27.C2H6Si.2ClH.Zr/c2*1-27(14-5-2-6-15-27)19-20-16-23-10-7-11-25(26(23)17-20)24-13-12-21-8-3-4-9-22(21)18-24;1-3-2;;;/h2*3-4,7-13,16-18H,2,5-6,14-15,19H2,1H3;1-2H3;2*1H;/q2*-1;;;;+4/p-2. The van der Waals surface area contributed by atoms with Crippen LogP contribution in [0.3, 0.4) is 0 Å². The third kappa shape index (κ3) is 11.2. The van der Waals surface area contributed by atoms with Gasteiger partial charge in [0, 0.05) is 9.52 Å². The quantitative estimate of drug-likeness (QED) is 0.115. The minimum absolute atomic E-state index is 0.492. The van der Waals surface area contributed by atoms with Crippen LogP contribution in [-0.4, -0.2) is 9.52 Å². The van der Waals surface area contributed by atoms with Crippen LogP contribution in [0, 0.1) is 10.8 Å². The fourth-order valence-electron chi connectivity index (χ4n) is 10.2. The van der Waals surface area contributed by atoms with Crippen molar-refractivity contribution in [3.8, 4) is 22.3 Å². The molecule has 0 heterocycles. The Labute approximate surface area is 381 Å². The molecule has 2 saturated carbocycles. The minimum atomic E-state index is -0.826. The van der Waals surface area contributed by atoms with Crippen LogP contribution in [-0.2, 0) is 33.7 Å². The third-order valence-corrected chi connectivity index (χ3v) is 13.1. The van der Waals surface area contributed by atoms with Crippen LogP contribution >= 0.6 is 17.0 Å². The van der Waals surface area contributed by atoms with Crippen LogP contribution in [0.2, 0.25) is 13.1 Å². The Morgan fingerprint density at radius 1 is 0.483 bits per heavy atom. The van der Waals surface area contributed by atoms with E-state index in [4.69, 9.17) is 17.0 Å². The summed E-state index contributed by atoms with van der Waals surface area (Å²) in [4.78, 5) is 0. The Bertz CT molecular complexity index is 2420. The second-order valence-corrected chi connectivity index (χ2v) is 22.9. The van der Waals surface area contributed by atoms with E-state index in [-0.39, 0.29) is 0 Å². The molecule has 0 unspecified atom stereocenters. The maximum absolute atomic E-state index is 4.93. The number of rotatable bonds is 6. The molecule has 2 aliphatic carbocycles. The van der Waals surface area contributed by atoms with Gasteiger partial charge >= 0.3 is 37.9 Å². The molecule has 2 aliphatic rings. The van der Waals surface area contributed by atoms with E-state index in [1.54, 1.807) is 0 Å². The van der Waals surface area contributed by atoms with Crippen molar-refractivity contribution >= 4 is 69.6 Å². The second-order valence-electron chi connectivity index (χ2n) is 18.1. The number of hydrogen-bond donors (Lipinski definition) is 0. The Kier molecular flexibility index (Phi) is 15.8. The van der Waals surface area contributed by atoms with Crippen molar-refractivity contribution in [2.45, 2.75) is 104 Å². The summed E-state index contributed by atoms with van der Waals surface area (Å²) in [5.41, 5.74) is 9.37. The van der Waals surface area contributed by atoms with Crippen LogP contribution in [0.15, 0.2) is 146 Å². The molecule has 2 fully saturated rings. The van der Waals surface area contributed by atoms with Crippen LogP contribution in [0.4, 0.5) is 0 Å². The SMILES string of the molecule is CC1(Cc2cc3c(-c4ccc5ccccc5c4)cccc3[cH-]2)CCCCC1.CC1(Cc2cc3c(-c4ccc5ccccc5c4)cccc3[cH-]2)CCCCC1.C[Si]C.[Cl][Zr+2][Cl]. The van der Waals surface area contributed by atoms with Gasteiger partial charge in [-0.3, -0.25) is 0 Å². The van der Waals surface area contributed by atoms with Crippen molar-refractivity contribution in [3.63, 3.8) is 0 Å². The fourth-order valence-corrected chi connectivity index (χ4v) is 10.2. The zero-order valence-electron chi connectivity index (χ0n) is 36.1. The average Bonchev–Trinajstić information content (AvgIpc) is 3.87. The molecule has 0 aliphatic heterocycles. The van der Waals surface area contributed by atoms with Gasteiger partial charge in [0.1, 0.15) is 0 Å². The van der Waals surface area contributed by atoms with Crippen LogP contribution in [0.1, 0.15) is 89.2 Å². The van der Waals surface area contributed by atoms with E-state index in [0.29, 0.717) is 10.8 Å². The fraction of sp³-hybridized carbons (Fsp3) is 0.321. The van der Waals surface area contributed by atoms with Gasteiger partial charge < -0.3 is 0 Å². The molecule has 0 amide bonds. The van der Waals surface area contributed by atoms with Crippen LogP contribution < -0.4 is 0 Å². The van der Waals surface area contributed by atoms with Gasteiger partial charge in [0.05, 0.1) is 0 Å². The van der Waals surface area contributed by atoms with Gasteiger partial charge in [-0.25, -0.2) is 0 Å².